The number of ether oxygens (including phenoxy) is 6. The van der Waals surface area contributed by atoms with Crippen LogP contribution in [0.5, 0.6) is 23.0 Å². The molecule has 0 aliphatic carbocycles. The maximum absolute atomic E-state index is 10.4. The number of epoxide rings is 2. The van der Waals surface area contributed by atoms with E-state index >= 15 is 0 Å². The van der Waals surface area contributed by atoms with Crippen molar-refractivity contribution in [1.29, 1.82) is 0 Å². The number of benzene rings is 4. The number of rotatable bonds is 15. The lowest BCUT2D eigenvalue weighted by Gasteiger charge is -2.14. The maximum atomic E-state index is 10.4. The molecule has 4 aromatic rings. The minimum atomic E-state index is -0.749. The monoisotopic (exact) mass is 568 g/mol. The Balaban J connectivity index is 0.892. The van der Waals surface area contributed by atoms with Gasteiger partial charge in [-0.1, -0.05) is 48.5 Å². The molecule has 4 aromatic carbocycles. The Morgan fingerprint density at radius 1 is 0.667 bits per heavy atom. The van der Waals surface area contributed by atoms with E-state index in [1.165, 1.54) is 22.3 Å². The summed E-state index contributed by atoms with van der Waals surface area (Å²) in [7, 11) is 0. The van der Waals surface area contributed by atoms with Crippen LogP contribution in [0.3, 0.4) is 0 Å². The summed E-state index contributed by atoms with van der Waals surface area (Å²) in [4.78, 5) is 0. The van der Waals surface area contributed by atoms with Crippen molar-refractivity contribution in [2.24, 2.45) is 0 Å². The van der Waals surface area contributed by atoms with Crippen LogP contribution >= 0.6 is 0 Å². The normalized spacial score (nSPS) is 19.5. The van der Waals surface area contributed by atoms with Gasteiger partial charge in [0.25, 0.3) is 0 Å². The molecular weight excluding hydrogens is 532 g/mol. The van der Waals surface area contributed by atoms with Gasteiger partial charge >= 0.3 is 0 Å². The van der Waals surface area contributed by atoms with Gasteiger partial charge in [-0.3, -0.25) is 0 Å². The van der Waals surface area contributed by atoms with Crippen LogP contribution in [0.2, 0.25) is 0 Å². The van der Waals surface area contributed by atoms with Crippen LogP contribution in [0.4, 0.5) is 0 Å². The average molecular weight is 569 g/mol. The van der Waals surface area contributed by atoms with Crippen LogP contribution in [-0.4, -0.2) is 56.1 Å². The molecule has 3 atom stereocenters. The minimum Gasteiger partial charge on any atom is -0.491 e. The fourth-order valence-electron chi connectivity index (χ4n) is 4.45. The molecule has 6 rings (SSSR count). The first-order valence-electron chi connectivity index (χ1n) is 14.3. The van der Waals surface area contributed by atoms with E-state index in [1.54, 1.807) is 0 Å². The summed E-state index contributed by atoms with van der Waals surface area (Å²) in [6, 6.07) is 32.1. The van der Waals surface area contributed by atoms with E-state index in [0.29, 0.717) is 24.7 Å². The maximum Gasteiger partial charge on any atom is 0.231 e. The number of aliphatic hydroxyl groups excluding tert-OH is 1. The number of aliphatic hydroxyl groups is 1. The molecule has 0 saturated carbocycles. The smallest absolute Gasteiger partial charge is 0.231 e. The average Bonchev–Trinajstić information content (AvgIpc) is 3.96. The van der Waals surface area contributed by atoms with Crippen LogP contribution in [0.1, 0.15) is 29.2 Å². The summed E-state index contributed by atoms with van der Waals surface area (Å²) in [5, 5.41) is 10.4. The Bertz CT molecular complexity index is 1410. The highest BCUT2D eigenvalue weighted by Crippen LogP contribution is 2.30. The summed E-state index contributed by atoms with van der Waals surface area (Å²) in [6.07, 6.45) is 1.13. The first-order chi connectivity index (χ1) is 20.5. The third-order valence-electron chi connectivity index (χ3n) is 7.12. The Morgan fingerprint density at radius 3 is 1.43 bits per heavy atom. The lowest BCUT2D eigenvalue weighted by molar-refractivity contribution is 0.0626. The summed E-state index contributed by atoms with van der Waals surface area (Å²) < 4.78 is 33.5. The third kappa shape index (κ3) is 8.49. The molecule has 2 fully saturated rings. The second kappa shape index (κ2) is 12.9. The van der Waals surface area contributed by atoms with E-state index in [4.69, 9.17) is 28.4 Å². The zero-order valence-electron chi connectivity index (χ0n) is 23.7. The van der Waals surface area contributed by atoms with Gasteiger partial charge < -0.3 is 33.5 Å². The Hall–Kier alpha value is -4.04. The first-order valence-corrected chi connectivity index (χ1v) is 14.3. The summed E-state index contributed by atoms with van der Waals surface area (Å²) in [5.74, 6) is 2.63. The molecule has 0 aromatic heterocycles. The molecule has 0 spiro atoms. The zero-order valence-corrected chi connectivity index (χ0v) is 23.7. The molecule has 7 heteroatoms. The molecule has 2 heterocycles. The van der Waals surface area contributed by atoms with Crippen molar-refractivity contribution in [2.45, 2.75) is 37.8 Å². The van der Waals surface area contributed by atoms with E-state index < -0.39 is 11.9 Å². The van der Waals surface area contributed by atoms with Crippen molar-refractivity contribution in [3.05, 3.63) is 119 Å². The van der Waals surface area contributed by atoms with Crippen LogP contribution in [0.25, 0.3) is 0 Å². The van der Waals surface area contributed by atoms with Crippen molar-refractivity contribution < 1.29 is 33.5 Å². The molecule has 0 radical (unpaired) electrons. The summed E-state index contributed by atoms with van der Waals surface area (Å²) >= 11 is 0. The quantitative estimate of drug-likeness (QED) is 0.187. The van der Waals surface area contributed by atoms with Gasteiger partial charge in [0.2, 0.25) is 5.79 Å². The summed E-state index contributed by atoms with van der Waals surface area (Å²) in [6.45, 7) is 4.26. The van der Waals surface area contributed by atoms with E-state index in [1.807, 2.05) is 79.7 Å². The Kier molecular flexibility index (Phi) is 8.60. The number of hydrogen-bond donors (Lipinski definition) is 1. The number of hydrogen-bond acceptors (Lipinski definition) is 7. The van der Waals surface area contributed by atoms with Gasteiger partial charge in [0.15, 0.2) is 0 Å². The molecule has 218 valence electrons. The van der Waals surface area contributed by atoms with Gasteiger partial charge in [-0.05, 0) is 83.6 Å². The largest absolute Gasteiger partial charge is 0.491 e. The Morgan fingerprint density at radius 2 is 1.05 bits per heavy atom. The second-order valence-electron chi connectivity index (χ2n) is 11.0. The molecule has 1 N–H and O–H groups in total. The molecule has 2 aliphatic rings. The fourth-order valence-corrected chi connectivity index (χ4v) is 4.45. The molecule has 0 amide bonds. The lowest BCUT2D eigenvalue weighted by atomic mass is 10.0. The van der Waals surface area contributed by atoms with Crippen molar-refractivity contribution in [2.75, 3.05) is 33.0 Å². The third-order valence-corrected chi connectivity index (χ3v) is 7.12. The van der Waals surface area contributed by atoms with Gasteiger partial charge in [0, 0.05) is 6.92 Å². The van der Waals surface area contributed by atoms with Gasteiger partial charge in [0.05, 0.1) is 6.61 Å². The van der Waals surface area contributed by atoms with Gasteiger partial charge in [-0.2, -0.15) is 0 Å². The van der Waals surface area contributed by atoms with Crippen molar-refractivity contribution in [3.8, 4) is 23.0 Å². The first kappa shape index (κ1) is 28.1. The van der Waals surface area contributed by atoms with Crippen molar-refractivity contribution in [1.82, 2.24) is 0 Å². The van der Waals surface area contributed by atoms with Crippen molar-refractivity contribution >= 4 is 0 Å². The molecule has 42 heavy (non-hydrogen) atoms. The minimum absolute atomic E-state index is 0.148. The molecule has 2 saturated heterocycles. The van der Waals surface area contributed by atoms with E-state index in [0.717, 1.165) is 30.9 Å². The van der Waals surface area contributed by atoms with E-state index in [9.17, 15) is 5.11 Å². The highest BCUT2D eigenvalue weighted by atomic mass is 16.8. The van der Waals surface area contributed by atoms with E-state index in [2.05, 4.69) is 24.3 Å². The van der Waals surface area contributed by atoms with Crippen LogP contribution in [-0.2, 0) is 22.3 Å². The highest BCUT2D eigenvalue weighted by Gasteiger charge is 2.42. The van der Waals surface area contributed by atoms with Crippen LogP contribution in [0.15, 0.2) is 97.1 Å². The summed E-state index contributed by atoms with van der Waals surface area (Å²) in [5.41, 5.74) is 4.75. The standard InChI is InChI=1S/C35H36O7/c1-35(24-41-35)42-33-16-8-28(9-17-33)19-26-4-12-31(13-5-26)38-21-29(36)20-37-30-10-2-25(3-11-30)18-27-6-14-32(15-7-27)39-22-34-23-40-34/h2-17,29,34,36H,18-24H2,1H3. The van der Waals surface area contributed by atoms with Crippen LogP contribution in [0, 0.1) is 0 Å². The zero-order chi connectivity index (χ0) is 28.8. The van der Waals surface area contributed by atoms with Gasteiger partial charge in [-0.15, -0.1) is 0 Å². The topological polar surface area (TPSA) is 82.2 Å². The van der Waals surface area contributed by atoms with Crippen molar-refractivity contribution in [3.63, 3.8) is 0 Å². The Labute approximate surface area is 246 Å². The van der Waals surface area contributed by atoms with Crippen LogP contribution < -0.4 is 18.9 Å². The molecule has 2 aliphatic heterocycles. The molecule has 0 bridgehead atoms. The molecular formula is C35H36O7. The molecule has 7 nitrogen and oxygen atoms in total. The predicted molar refractivity (Wildman–Crippen MR) is 159 cm³/mol. The SMILES string of the molecule is CC1(Oc2ccc(Cc3ccc(OCC(O)COc4ccc(Cc5ccc(OCC6CO6)cc5)cc4)cc3)cc2)CO1. The lowest BCUT2D eigenvalue weighted by Crippen LogP contribution is -2.25. The highest BCUT2D eigenvalue weighted by molar-refractivity contribution is 5.35. The molecule has 3 unspecified atom stereocenters. The van der Waals surface area contributed by atoms with E-state index in [-0.39, 0.29) is 19.3 Å². The van der Waals surface area contributed by atoms with Gasteiger partial charge in [0.1, 0.15) is 61.6 Å². The second-order valence-corrected chi connectivity index (χ2v) is 11.0. The predicted octanol–water partition coefficient (Wildman–Crippen LogP) is 5.59. The van der Waals surface area contributed by atoms with Gasteiger partial charge in [-0.25, -0.2) is 0 Å². The fraction of sp³-hybridized carbons (Fsp3) is 0.314.